The van der Waals surface area contributed by atoms with E-state index in [1.165, 1.54) is 11.1 Å². The molecule has 0 aromatic carbocycles. The smallest absolute Gasteiger partial charge is 0.181 e. The second kappa shape index (κ2) is 4.43. The van der Waals surface area contributed by atoms with Crippen LogP contribution >= 0.6 is 0 Å². The van der Waals surface area contributed by atoms with Gasteiger partial charge < -0.3 is 0 Å². The summed E-state index contributed by atoms with van der Waals surface area (Å²) in [4.78, 5) is 4.30. The maximum Gasteiger partial charge on any atom is 0.181 e. The van der Waals surface area contributed by atoms with Crippen molar-refractivity contribution in [1.29, 1.82) is 0 Å². The van der Waals surface area contributed by atoms with E-state index < -0.39 is 0 Å². The summed E-state index contributed by atoms with van der Waals surface area (Å²) in [5.74, 6) is 0. The first kappa shape index (κ1) is 10.1. The monoisotopic (exact) mass is 203 g/mol. The van der Waals surface area contributed by atoms with Crippen LogP contribution in [-0.4, -0.2) is 14.8 Å². The van der Waals surface area contributed by atoms with Gasteiger partial charge in [0.05, 0.1) is 0 Å². The predicted molar refractivity (Wildman–Crippen MR) is 61.8 cm³/mol. The maximum absolute atomic E-state index is 4.53. The molecular formula is C12H17N3. The van der Waals surface area contributed by atoms with Crippen molar-refractivity contribution in [3.63, 3.8) is 0 Å². The van der Waals surface area contributed by atoms with Gasteiger partial charge in [0.1, 0.15) is 0 Å². The number of pyridine rings is 1. The Balaban J connectivity index is 2.53. The van der Waals surface area contributed by atoms with Crippen LogP contribution in [0.3, 0.4) is 0 Å². The zero-order chi connectivity index (χ0) is 10.7. The first-order valence-electron chi connectivity index (χ1n) is 5.67. The van der Waals surface area contributed by atoms with Crippen LogP contribution in [0.25, 0.3) is 11.0 Å². The Hall–Kier alpha value is -1.38. The fourth-order valence-electron chi connectivity index (χ4n) is 1.91. The minimum Gasteiger partial charge on any atom is -0.267 e. The van der Waals surface area contributed by atoms with Gasteiger partial charge in [-0.1, -0.05) is 20.3 Å². The molecule has 0 radical (unpaired) electrons. The molecule has 0 aliphatic heterocycles. The number of fused-ring (bicyclic) bond motifs is 1. The summed E-state index contributed by atoms with van der Waals surface area (Å²) in [6.45, 7) is 5.37. The molecule has 2 aromatic rings. The highest BCUT2D eigenvalue weighted by molar-refractivity contribution is 5.77. The molecular weight excluding hydrogens is 186 g/mol. The SMILES string of the molecule is CCCc1c2cccnc2nn1CCC. The molecule has 2 aromatic heterocycles. The summed E-state index contributed by atoms with van der Waals surface area (Å²) in [7, 11) is 0. The van der Waals surface area contributed by atoms with Crippen molar-refractivity contribution < 1.29 is 0 Å². The highest BCUT2D eigenvalue weighted by Gasteiger charge is 2.09. The van der Waals surface area contributed by atoms with Crippen molar-refractivity contribution in [3.8, 4) is 0 Å². The van der Waals surface area contributed by atoms with Gasteiger partial charge in [-0.2, -0.15) is 5.10 Å². The lowest BCUT2D eigenvalue weighted by molar-refractivity contribution is 0.575. The van der Waals surface area contributed by atoms with Crippen LogP contribution in [0.15, 0.2) is 18.3 Å². The fraction of sp³-hybridized carbons (Fsp3) is 0.500. The molecule has 0 spiro atoms. The van der Waals surface area contributed by atoms with Crippen LogP contribution in [0, 0.1) is 0 Å². The fourth-order valence-corrected chi connectivity index (χ4v) is 1.91. The molecule has 2 rings (SSSR count). The first-order chi connectivity index (χ1) is 7.36. The van der Waals surface area contributed by atoms with Crippen molar-refractivity contribution in [1.82, 2.24) is 14.8 Å². The average Bonchev–Trinajstić information content (AvgIpc) is 2.59. The minimum atomic E-state index is 0.884. The Morgan fingerprint density at radius 3 is 2.87 bits per heavy atom. The zero-order valence-corrected chi connectivity index (χ0v) is 9.40. The molecule has 15 heavy (non-hydrogen) atoms. The third kappa shape index (κ3) is 1.87. The summed E-state index contributed by atoms with van der Waals surface area (Å²) in [6.07, 6.45) is 5.16. The number of hydrogen-bond donors (Lipinski definition) is 0. The number of aromatic nitrogens is 3. The number of aryl methyl sites for hydroxylation is 2. The second-order valence-electron chi connectivity index (χ2n) is 3.79. The largest absolute Gasteiger partial charge is 0.267 e. The molecule has 0 N–H and O–H groups in total. The van der Waals surface area contributed by atoms with E-state index in [1.807, 2.05) is 6.07 Å². The van der Waals surface area contributed by atoms with Gasteiger partial charge in [0.25, 0.3) is 0 Å². The minimum absolute atomic E-state index is 0.884. The summed E-state index contributed by atoms with van der Waals surface area (Å²) in [5, 5.41) is 5.74. The highest BCUT2D eigenvalue weighted by atomic mass is 15.3. The van der Waals surface area contributed by atoms with Crippen molar-refractivity contribution in [2.75, 3.05) is 0 Å². The van der Waals surface area contributed by atoms with Crippen LogP contribution in [0.5, 0.6) is 0 Å². The Morgan fingerprint density at radius 2 is 2.13 bits per heavy atom. The molecule has 0 saturated heterocycles. The molecule has 3 nitrogen and oxygen atoms in total. The lowest BCUT2D eigenvalue weighted by atomic mass is 10.2. The number of nitrogens with zero attached hydrogens (tertiary/aromatic N) is 3. The molecule has 0 atom stereocenters. The van der Waals surface area contributed by atoms with E-state index in [0.29, 0.717) is 0 Å². The van der Waals surface area contributed by atoms with Gasteiger partial charge in [-0.15, -0.1) is 0 Å². The summed E-state index contributed by atoms with van der Waals surface area (Å²) < 4.78 is 2.11. The Kier molecular flexibility index (Phi) is 2.99. The Bertz CT molecular complexity index is 445. The van der Waals surface area contributed by atoms with Gasteiger partial charge in [0.2, 0.25) is 0 Å². The molecule has 3 heteroatoms. The van der Waals surface area contributed by atoms with Gasteiger partial charge in [-0.3, -0.25) is 4.68 Å². The molecule has 0 aliphatic carbocycles. The molecule has 0 aliphatic rings. The van der Waals surface area contributed by atoms with Gasteiger partial charge >= 0.3 is 0 Å². The highest BCUT2D eigenvalue weighted by Crippen LogP contribution is 2.17. The lowest BCUT2D eigenvalue weighted by Crippen LogP contribution is -2.04. The van der Waals surface area contributed by atoms with E-state index in [0.717, 1.165) is 31.5 Å². The van der Waals surface area contributed by atoms with Gasteiger partial charge in [-0.25, -0.2) is 4.98 Å². The Labute approximate surface area is 90.1 Å². The third-order valence-electron chi connectivity index (χ3n) is 2.55. The zero-order valence-electron chi connectivity index (χ0n) is 9.40. The van der Waals surface area contributed by atoms with Gasteiger partial charge in [0, 0.05) is 23.8 Å². The second-order valence-corrected chi connectivity index (χ2v) is 3.79. The van der Waals surface area contributed by atoms with Crippen molar-refractivity contribution in [3.05, 3.63) is 24.0 Å². The summed E-state index contributed by atoms with van der Waals surface area (Å²) in [5.41, 5.74) is 2.22. The number of rotatable bonds is 4. The molecule has 0 fully saturated rings. The van der Waals surface area contributed by atoms with Crippen molar-refractivity contribution in [2.45, 2.75) is 39.7 Å². The van der Waals surface area contributed by atoms with Gasteiger partial charge in [0.15, 0.2) is 5.65 Å². The molecule has 0 bridgehead atoms. The topological polar surface area (TPSA) is 30.7 Å². The van der Waals surface area contributed by atoms with Crippen LogP contribution in [0.1, 0.15) is 32.4 Å². The normalized spacial score (nSPS) is 11.1. The van der Waals surface area contributed by atoms with Crippen LogP contribution in [-0.2, 0) is 13.0 Å². The Morgan fingerprint density at radius 1 is 1.27 bits per heavy atom. The first-order valence-corrected chi connectivity index (χ1v) is 5.67. The lowest BCUT2D eigenvalue weighted by Gasteiger charge is -2.04. The molecule has 80 valence electrons. The van der Waals surface area contributed by atoms with Crippen LogP contribution in [0.2, 0.25) is 0 Å². The summed E-state index contributed by atoms with van der Waals surface area (Å²) >= 11 is 0. The quantitative estimate of drug-likeness (QED) is 0.765. The van der Waals surface area contributed by atoms with Crippen LogP contribution < -0.4 is 0 Å². The van der Waals surface area contributed by atoms with E-state index in [9.17, 15) is 0 Å². The molecule has 0 amide bonds. The average molecular weight is 203 g/mol. The van der Waals surface area contributed by atoms with E-state index in [2.05, 4.69) is 34.7 Å². The standard InChI is InChI=1S/C12H17N3/c1-3-6-11-10-7-5-8-13-12(10)14-15(11)9-4-2/h5,7-8H,3-4,6,9H2,1-2H3. The van der Waals surface area contributed by atoms with Crippen molar-refractivity contribution >= 4 is 11.0 Å². The van der Waals surface area contributed by atoms with E-state index in [-0.39, 0.29) is 0 Å². The molecule has 2 heterocycles. The molecule has 0 unspecified atom stereocenters. The summed E-state index contributed by atoms with van der Waals surface area (Å²) in [6, 6.07) is 4.10. The van der Waals surface area contributed by atoms with E-state index >= 15 is 0 Å². The predicted octanol–water partition coefficient (Wildman–Crippen LogP) is 2.79. The number of hydrogen-bond acceptors (Lipinski definition) is 2. The molecule has 0 saturated carbocycles. The maximum atomic E-state index is 4.53. The third-order valence-corrected chi connectivity index (χ3v) is 2.55. The van der Waals surface area contributed by atoms with E-state index in [4.69, 9.17) is 0 Å². The van der Waals surface area contributed by atoms with E-state index in [1.54, 1.807) is 6.20 Å². The van der Waals surface area contributed by atoms with Crippen LogP contribution in [0.4, 0.5) is 0 Å². The van der Waals surface area contributed by atoms with Gasteiger partial charge in [-0.05, 0) is 25.0 Å². The van der Waals surface area contributed by atoms with Crippen molar-refractivity contribution in [2.24, 2.45) is 0 Å².